The molecule has 0 atom stereocenters. The molecule has 0 aliphatic rings. The molecule has 0 aliphatic heterocycles. The predicted octanol–water partition coefficient (Wildman–Crippen LogP) is 4.75. The maximum Gasteiger partial charge on any atom is 0.252 e. The third kappa shape index (κ3) is 4.86. The van der Waals surface area contributed by atoms with Gasteiger partial charge in [0.2, 0.25) is 0 Å². The molecule has 2 aromatic rings. The molecule has 116 valence electrons. The number of carbonyl (C=O) groups is 1. The van der Waals surface area contributed by atoms with E-state index in [4.69, 9.17) is 11.6 Å². The van der Waals surface area contributed by atoms with E-state index in [0.717, 1.165) is 3.57 Å². The lowest BCUT2D eigenvalue weighted by atomic mass is 10.2. The Hall–Kier alpha value is -0.790. The summed E-state index contributed by atoms with van der Waals surface area (Å²) in [7, 11) is 0. The van der Waals surface area contributed by atoms with E-state index in [1.54, 1.807) is 18.2 Å². The first kappa shape index (κ1) is 17.6. The summed E-state index contributed by atoms with van der Waals surface area (Å²) in [5, 5.41) is 3.30. The fourth-order valence-corrected chi connectivity index (χ4v) is 3.65. The van der Waals surface area contributed by atoms with E-state index in [2.05, 4.69) is 27.9 Å². The van der Waals surface area contributed by atoms with E-state index < -0.39 is 0 Å². The van der Waals surface area contributed by atoms with Crippen molar-refractivity contribution in [1.82, 2.24) is 5.32 Å². The molecule has 2 rings (SSSR count). The van der Waals surface area contributed by atoms with E-state index in [9.17, 15) is 9.18 Å². The van der Waals surface area contributed by atoms with Crippen LogP contribution in [0.15, 0.2) is 42.5 Å². The Morgan fingerprint density at radius 1 is 1.23 bits per heavy atom. The fourth-order valence-electron chi connectivity index (χ4n) is 1.82. The number of halogens is 3. The molecule has 0 fully saturated rings. The number of carbonyl (C=O) groups excluding carboxylic acids is 1. The van der Waals surface area contributed by atoms with Crippen molar-refractivity contribution >= 4 is 51.9 Å². The van der Waals surface area contributed by atoms with Gasteiger partial charge in [0.1, 0.15) is 5.82 Å². The molecule has 0 bridgehead atoms. The van der Waals surface area contributed by atoms with Gasteiger partial charge in [0.05, 0.1) is 5.56 Å². The van der Waals surface area contributed by atoms with Crippen LogP contribution < -0.4 is 5.32 Å². The second-order valence-corrected chi connectivity index (χ2v) is 7.16. The number of amides is 1. The molecule has 1 N–H and O–H groups in total. The standard InChI is InChI=1S/C16H14ClFINOS/c17-13-5-3-6-14(18)12(13)10-22-9-8-20-16(21)11-4-1-2-7-15(11)19/h1-7H,8-10H2,(H,20,21). The summed E-state index contributed by atoms with van der Waals surface area (Å²) in [6, 6.07) is 12.1. The third-order valence-electron chi connectivity index (χ3n) is 2.96. The van der Waals surface area contributed by atoms with Gasteiger partial charge in [0.25, 0.3) is 5.91 Å². The maximum atomic E-state index is 13.6. The summed E-state index contributed by atoms with van der Waals surface area (Å²) in [4.78, 5) is 12.0. The molecular weight excluding hydrogens is 436 g/mol. The van der Waals surface area contributed by atoms with Gasteiger partial charge in [-0.15, -0.1) is 0 Å². The fraction of sp³-hybridized carbons (Fsp3) is 0.188. The Bertz CT molecular complexity index is 648. The van der Waals surface area contributed by atoms with Crippen molar-refractivity contribution in [2.45, 2.75) is 5.75 Å². The van der Waals surface area contributed by atoms with Crippen LogP contribution in [0.5, 0.6) is 0 Å². The molecule has 0 saturated heterocycles. The number of thioether (sulfide) groups is 1. The molecular formula is C16H14ClFINOS. The Labute approximate surface area is 152 Å². The third-order valence-corrected chi connectivity index (χ3v) is 5.24. The first-order valence-corrected chi connectivity index (χ1v) is 9.24. The molecule has 2 nitrogen and oxygen atoms in total. The summed E-state index contributed by atoms with van der Waals surface area (Å²) >= 11 is 9.64. The van der Waals surface area contributed by atoms with E-state index in [1.165, 1.54) is 17.8 Å². The first-order chi connectivity index (χ1) is 10.6. The van der Waals surface area contributed by atoms with Gasteiger partial charge in [-0.2, -0.15) is 11.8 Å². The van der Waals surface area contributed by atoms with Gasteiger partial charge in [-0.25, -0.2) is 4.39 Å². The van der Waals surface area contributed by atoms with Crippen molar-refractivity contribution in [3.63, 3.8) is 0 Å². The van der Waals surface area contributed by atoms with Crippen LogP contribution in [0.4, 0.5) is 4.39 Å². The molecule has 0 heterocycles. The molecule has 0 spiro atoms. The van der Waals surface area contributed by atoms with E-state index in [0.29, 0.717) is 34.2 Å². The number of rotatable bonds is 6. The summed E-state index contributed by atoms with van der Waals surface area (Å²) in [5.74, 6) is 0.807. The zero-order valence-electron chi connectivity index (χ0n) is 11.6. The minimum absolute atomic E-state index is 0.0884. The molecule has 0 saturated carbocycles. The number of nitrogens with one attached hydrogen (secondary N) is 1. The molecule has 0 unspecified atom stereocenters. The summed E-state index contributed by atoms with van der Waals surface area (Å²) in [6.45, 7) is 0.528. The van der Waals surface area contributed by atoms with Crippen molar-refractivity contribution < 1.29 is 9.18 Å². The van der Waals surface area contributed by atoms with Gasteiger partial charge in [-0.3, -0.25) is 4.79 Å². The van der Waals surface area contributed by atoms with Crippen LogP contribution in [0.1, 0.15) is 15.9 Å². The Balaban J connectivity index is 1.76. The molecule has 6 heteroatoms. The zero-order chi connectivity index (χ0) is 15.9. The smallest absolute Gasteiger partial charge is 0.252 e. The normalized spacial score (nSPS) is 10.5. The van der Waals surface area contributed by atoms with Crippen molar-refractivity contribution in [3.05, 3.63) is 68.0 Å². The van der Waals surface area contributed by atoms with Crippen LogP contribution >= 0.6 is 46.0 Å². The number of hydrogen-bond donors (Lipinski definition) is 1. The Kier molecular flexibility index (Phi) is 6.98. The number of benzene rings is 2. The minimum Gasteiger partial charge on any atom is -0.351 e. The molecule has 0 aromatic heterocycles. The van der Waals surface area contributed by atoms with Crippen molar-refractivity contribution in [1.29, 1.82) is 0 Å². The van der Waals surface area contributed by atoms with Crippen LogP contribution in [0, 0.1) is 9.39 Å². The lowest BCUT2D eigenvalue weighted by Gasteiger charge is -2.08. The van der Waals surface area contributed by atoms with Gasteiger partial charge in [-0.1, -0.05) is 29.8 Å². The SMILES string of the molecule is O=C(NCCSCc1c(F)cccc1Cl)c1ccccc1I. The van der Waals surface area contributed by atoms with E-state index >= 15 is 0 Å². The van der Waals surface area contributed by atoms with Crippen molar-refractivity contribution in [2.75, 3.05) is 12.3 Å². The van der Waals surface area contributed by atoms with Gasteiger partial charge in [0.15, 0.2) is 0 Å². The summed E-state index contributed by atoms with van der Waals surface area (Å²) < 4.78 is 14.5. The van der Waals surface area contributed by atoms with Crippen molar-refractivity contribution in [2.24, 2.45) is 0 Å². The van der Waals surface area contributed by atoms with E-state index in [1.807, 2.05) is 18.2 Å². The highest BCUT2D eigenvalue weighted by Crippen LogP contribution is 2.23. The Morgan fingerprint density at radius 3 is 2.73 bits per heavy atom. The van der Waals surface area contributed by atoms with Crippen LogP contribution in [-0.2, 0) is 5.75 Å². The van der Waals surface area contributed by atoms with Crippen LogP contribution in [-0.4, -0.2) is 18.2 Å². The van der Waals surface area contributed by atoms with Gasteiger partial charge >= 0.3 is 0 Å². The Morgan fingerprint density at radius 2 is 2.00 bits per heavy atom. The molecule has 0 radical (unpaired) electrons. The highest BCUT2D eigenvalue weighted by atomic mass is 127. The van der Waals surface area contributed by atoms with E-state index in [-0.39, 0.29) is 11.7 Å². The average molecular weight is 450 g/mol. The van der Waals surface area contributed by atoms with Crippen LogP contribution in [0.3, 0.4) is 0 Å². The maximum absolute atomic E-state index is 13.6. The lowest BCUT2D eigenvalue weighted by molar-refractivity contribution is 0.0955. The predicted molar refractivity (Wildman–Crippen MR) is 99.1 cm³/mol. The van der Waals surface area contributed by atoms with Gasteiger partial charge in [0, 0.05) is 32.2 Å². The average Bonchev–Trinajstić information content (AvgIpc) is 2.49. The summed E-state index contributed by atoms with van der Waals surface area (Å²) in [5.41, 5.74) is 1.18. The van der Waals surface area contributed by atoms with Crippen molar-refractivity contribution in [3.8, 4) is 0 Å². The number of hydrogen-bond acceptors (Lipinski definition) is 2. The lowest BCUT2D eigenvalue weighted by Crippen LogP contribution is -2.26. The van der Waals surface area contributed by atoms with Gasteiger partial charge in [-0.05, 0) is 46.9 Å². The molecule has 0 aliphatic carbocycles. The molecule has 1 amide bonds. The minimum atomic E-state index is -0.289. The first-order valence-electron chi connectivity index (χ1n) is 6.63. The largest absolute Gasteiger partial charge is 0.351 e. The summed E-state index contributed by atoms with van der Waals surface area (Å²) in [6.07, 6.45) is 0. The molecule has 22 heavy (non-hydrogen) atoms. The topological polar surface area (TPSA) is 29.1 Å². The highest BCUT2D eigenvalue weighted by Gasteiger charge is 2.09. The molecule has 2 aromatic carbocycles. The van der Waals surface area contributed by atoms with Crippen LogP contribution in [0.25, 0.3) is 0 Å². The second kappa shape index (κ2) is 8.74. The quantitative estimate of drug-likeness (QED) is 0.509. The van der Waals surface area contributed by atoms with Gasteiger partial charge < -0.3 is 5.32 Å². The second-order valence-electron chi connectivity index (χ2n) is 4.49. The highest BCUT2D eigenvalue weighted by molar-refractivity contribution is 14.1. The van der Waals surface area contributed by atoms with Crippen LogP contribution in [0.2, 0.25) is 5.02 Å². The zero-order valence-corrected chi connectivity index (χ0v) is 15.3. The monoisotopic (exact) mass is 449 g/mol.